The van der Waals surface area contributed by atoms with Crippen LogP contribution in [0.5, 0.6) is 0 Å². The molecule has 28 heavy (non-hydrogen) atoms. The number of nitrogens with zero attached hydrogens (tertiary/aromatic N) is 1. The van der Waals surface area contributed by atoms with Gasteiger partial charge < -0.3 is 5.73 Å². The zero-order valence-electron chi connectivity index (χ0n) is 18.4. The Hall–Kier alpha value is -1.19. The van der Waals surface area contributed by atoms with Crippen LogP contribution < -0.4 is 5.73 Å². The van der Waals surface area contributed by atoms with Crippen LogP contribution in [-0.4, -0.2) is 11.0 Å². The van der Waals surface area contributed by atoms with Gasteiger partial charge in [-0.15, -0.1) is 11.3 Å². The summed E-state index contributed by atoms with van der Waals surface area (Å²) in [6.07, 6.45) is 9.26. The highest BCUT2D eigenvalue weighted by atomic mass is 32.1. The van der Waals surface area contributed by atoms with Crippen molar-refractivity contribution in [1.29, 1.82) is 0 Å². The predicted molar refractivity (Wildman–Crippen MR) is 123 cm³/mol. The summed E-state index contributed by atoms with van der Waals surface area (Å²) in [5, 5.41) is 3.32. The average Bonchev–Trinajstić information content (AvgIpc) is 3.09. The van der Waals surface area contributed by atoms with Crippen LogP contribution in [0, 0.1) is 12.8 Å². The molecule has 154 valence electrons. The molecule has 2 aliphatic rings. The SMILES string of the molecule is Cc1nc(-c2ccc3c(c2)C(C(C)C)CCC3(C)C)cs1.NC1CCCCC1. The summed E-state index contributed by atoms with van der Waals surface area (Å²) in [5.74, 6) is 1.39. The van der Waals surface area contributed by atoms with E-state index in [0.717, 1.165) is 10.7 Å². The van der Waals surface area contributed by atoms with Gasteiger partial charge in [0.1, 0.15) is 0 Å². The summed E-state index contributed by atoms with van der Waals surface area (Å²) in [4.78, 5) is 4.65. The number of benzene rings is 1. The Morgan fingerprint density at radius 1 is 1.11 bits per heavy atom. The van der Waals surface area contributed by atoms with E-state index in [4.69, 9.17) is 5.73 Å². The normalized spacial score (nSPS) is 21.8. The van der Waals surface area contributed by atoms with Crippen LogP contribution in [0.25, 0.3) is 11.3 Å². The van der Waals surface area contributed by atoms with E-state index in [2.05, 4.69) is 63.2 Å². The molecule has 2 aliphatic carbocycles. The van der Waals surface area contributed by atoms with Gasteiger partial charge in [-0.2, -0.15) is 0 Å². The van der Waals surface area contributed by atoms with Gasteiger partial charge in [0.2, 0.25) is 0 Å². The first-order valence-corrected chi connectivity index (χ1v) is 12.0. The summed E-state index contributed by atoms with van der Waals surface area (Å²) >= 11 is 1.73. The third kappa shape index (κ3) is 5.04. The second kappa shape index (κ2) is 9.09. The Morgan fingerprint density at radius 3 is 2.36 bits per heavy atom. The van der Waals surface area contributed by atoms with Gasteiger partial charge in [0.25, 0.3) is 0 Å². The lowest BCUT2D eigenvalue weighted by molar-refractivity contribution is 0.346. The maximum absolute atomic E-state index is 5.63. The van der Waals surface area contributed by atoms with E-state index in [0.29, 0.717) is 23.3 Å². The molecular weight excluding hydrogens is 360 g/mol. The van der Waals surface area contributed by atoms with Crippen LogP contribution in [0.4, 0.5) is 0 Å². The van der Waals surface area contributed by atoms with Gasteiger partial charge in [-0.25, -0.2) is 4.98 Å². The standard InChI is InChI=1S/C19H25NS.C6H13N/c1-12(2)15-8-9-19(4,5)17-7-6-14(10-16(15)17)18-11-21-13(3)20-18;7-6-4-2-1-3-5-6/h6-7,10-12,15H,8-9H2,1-5H3;6H,1-5,7H2. The lowest BCUT2D eigenvalue weighted by Gasteiger charge is -2.39. The number of aromatic nitrogens is 1. The number of thiazole rings is 1. The fourth-order valence-electron chi connectivity index (χ4n) is 4.77. The van der Waals surface area contributed by atoms with Crippen molar-refractivity contribution in [2.45, 2.75) is 96.9 Å². The topological polar surface area (TPSA) is 38.9 Å². The lowest BCUT2D eigenvalue weighted by atomic mass is 9.66. The van der Waals surface area contributed by atoms with Crippen molar-refractivity contribution in [3.05, 3.63) is 39.7 Å². The molecule has 1 aromatic carbocycles. The molecule has 1 saturated carbocycles. The lowest BCUT2D eigenvalue weighted by Crippen LogP contribution is -2.28. The van der Waals surface area contributed by atoms with E-state index in [9.17, 15) is 0 Å². The minimum Gasteiger partial charge on any atom is -0.328 e. The quantitative estimate of drug-likeness (QED) is 0.580. The van der Waals surface area contributed by atoms with Gasteiger partial charge in [0, 0.05) is 17.0 Å². The van der Waals surface area contributed by atoms with E-state index < -0.39 is 0 Å². The van der Waals surface area contributed by atoms with E-state index in [1.807, 2.05) is 0 Å². The van der Waals surface area contributed by atoms with Crippen molar-refractivity contribution in [1.82, 2.24) is 4.98 Å². The molecule has 1 unspecified atom stereocenters. The number of nitrogens with two attached hydrogens (primary N) is 1. The largest absolute Gasteiger partial charge is 0.328 e. The molecule has 2 nitrogen and oxygen atoms in total. The maximum Gasteiger partial charge on any atom is 0.0901 e. The zero-order valence-corrected chi connectivity index (χ0v) is 19.2. The highest BCUT2D eigenvalue weighted by Crippen LogP contribution is 2.46. The fraction of sp³-hybridized carbons (Fsp3) is 0.640. The molecule has 0 amide bonds. The number of hydrogen-bond donors (Lipinski definition) is 1. The van der Waals surface area contributed by atoms with E-state index in [-0.39, 0.29) is 0 Å². The molecular formula is C25H38N2S. The summed E-state index contributed by atoms with van der Waals surface area (Å²) in [6, 6.07) is 7.56. The smallest absolute Gasteiger partial charge is 0.0901 e. The Bertz CT molecular complexity index is 769. The minimum atomic E-state index is 0.303. The molecule has 1 aromatic heterocycles. The highest BCUT2D eigenvalue weighted by molar-refractivity contribution is 7.09. The molecule has 3 heteroatoms. The molecule has 2 aromatic rings. The molecule has 1 fully saturated rings. The highest BCUT2D eigenvalue weighted by Gasteiger charge is 2.33. The van der Waals surface area contributed by atoms with E-state index in [1.54, 1.807) is 22.5 Å². The number of rotatable bonds is 2. The van der Waals surface area contributed by atoms with E-state index in [1.165, 1.54) is 50.5 Å². The zero-order chi connectivity index (χ0) is 20.3. The molecule has 0 aliphatic heterocycles. The van der Waals surface area contributed by atoms with Crippen molar-refractivity contribution >= 4 is 11.3 Å². The van der Waals surface area contributed by atoms with Crippen LogP contribution in [0.15, 0.2) is 23.6 Å². The van der Waals surface area contributed by atoms with Gasteiger partial charge in [-0.05, 0) is 67.1 Å². The van der Waals surface area contributed by atoms with Crippen molar-refractivity contribution < 1.29 is 0 Å². The number of fused-ring (bicyclic) bond motifs is 1. The van der Waals surface area contributed by atoms with Crippen molar-refractivity contribution in [3.63, 3.8) is 0 Å². The van der Waals surface area contributed by atoms with Crippen molar-refractivity contribution in [2.24, 2.45) is 11.7 Å². The molecule has 2 N–H and O–H groups in total. The Balaban J connectivity index is 0.000000271. The van der Waals surface area contributed by atoms with Gasteiger partial charge in [0.15, 0.2) is 0 Å². The molecule has 0 saturated heterocycles. The van der Waals surface area contributed by atoms with Crippen molar-refractivity contribution in [3.8, 4) is 11.3 Å². The molecule has 0 spiro atoms. The summed E-state index contributed by atoms with van der Waals surface area (Å²) in [7, 11) is 0. The van der Waals surface area contributed by atoms with E-state index >= 15 is 0 Å². The van der Waals surface area contributed by atoms with Gasteiger partial charge in [-0.3, -0.25) is 0 Å². The predicted octanol–water partition coefficient (Wildman–Crippen LogP) is 7.21. The first-order chi connectivity index (χ1) is 13.3. The van der Waals surface area contributed by atoms with Crippen LogP contribution in [0.3, 0.4) is 0 Å². The Morgan fingerprint density at radius 2 is 1.82 bits per heavy atom. The van der Waals surface area contributed by atoms with Crippen LogP contribution >= 0.6 is 11.3 Å². The van der Waals surface area contributed by atoms with Gasteiger partial charge in [0.05, 0.1) is 10.7 Å². The minimum absolute atomic E-state index is 0.303. The third-order valence-corrected chi connectivity index (χ3v) is 7.40. The summed E-state index contributed by atoms with van der Waals surface area (Å²) < 4.78 is 0. The molecule has 0 radical (unpaired) electrons. The van der Waals surface area contributed by atoms with Gasteiger partial charge in [-0.1, -0.05) is 59.1 Å². The van der Waals surface area contributed by atoms with Crippen LogP contribution in [0.1, 0.15) is 94.7 Å². The number of aryl methyl sites for hydroxylation is 1. The maximum atomic E-state index is 5.63. The second-order valence-corrected chi connectivity index (χ2v) is 10.8. The molecule has 0 bridgehead atoms. The van der Waals surface area contributed by atoms with Gasteiger partial charge >= 0.3 is 0 Å². The summed E-state index contributed by atoms with van der Waals surface area (Å²) in [5.41, 5.74) is 11.5. The monoisotopic (exact) mass is 398 g/mol. The second-order valence-electron chi connectivity index (χ2n) is 9.72. The van der Waals surface area contributed by atoms with Crippen LogP contribution in [0.2, 0.25) is 0 Å². The molecule has 4 rings (SSSR count). The Kier molecular flexibility index (Phi) is 6.98. The molecule has 1 atom stereocenters. The Labute approximate surface area is 176 Å². The van der Waals surface area contributed by atoms with Crippen LogP contribution in [-0.2, 0) is 5.41 Å². The first-order valence-electron chi connectivity index (χ1n) is 11.1. The first kappa shape index (κ1) is 21.5. The van der Waals surface area contributed by atoms with Crippen molar-refractivity contribution in [2.75, 3.05) is 0 Å². The molecule has 1 heterocycles. The fourth-order valence-corrected chi connectivity index (χ4v) is 5.40. The third-order valence-electron chi connectivity index (χ3n) is 6.63. The summed E-state index contributed by atoms with van der Waals surface area (Å²) in [6.45, 7) is 11.6. The number of hydrogen-bond acceptors (Lipinski definition) is 3. The average molecular weight is 399 g/mol.